The van der Waals surface area contributed by atoms with Gasteiger partial charge in [-0.2, -0.15) is 0 Å². The standard InChI is InChI=1S/C7H15NO/c1-7(2)5-6(9)3-4-8-7/h6,8-9H,3-5H2,1-2H3. The first-order valence-electron chi connectivity index (χ1n) is 3.53. The Morgan fingerprint density at radius 3 is 2.56 bits per heavy atom. The van der Waals surface area contributed by atoms with E-state index in [9.17, 15) is 5.11 Å². The highest BCUT2D eigenvalue weighted by molar-refractivity contribution is 4.85. The molecule has 1 rings (SSSR count). The predicted octanol–water partition coefficient (Wildman–Crippen LogP) is 0.509. The molecule has 0 aromatic heterocycles. The number of nitrogens with one attached hydrogen (secondary N) is 1. The molecule has 0 radical (unpaired) electrons. The van der Waals surface area contributed by atoms with Crippen LogP contribution in [0.3, 0.4) is 0 Å². The minimum Gasteiger partial charge on any atom is -0.393 e. The quantitative estimate of drug-likeness (QED) is 0.499. The van der Waals surface area contributed by atoms with Gasteiger partial charge in [0.1, 0.15) is 0 Å². The minimum atomic E-state index is -0.0822. The summed E-state index contributed by atoms with van der Waals surface area (Å²) in [5.41, 5.74) is 0.150. The molecular formula is C7H15NO. The van der Waals surface area contributed by atoms with Gasteiger partial charge in [-0.05, 0) is 33.2 Å². The second-order valence-electron chi connectivity index (χ2n) is 3.46. The topological polar surface area (TPSA) is 32.3 Å². The molecule has 1 saturated heterocycles. The summed E-state index contributed by atoms with van der Waals surface area (Å²) in [6.07, 6.45) is 1.71. The molecule has 0 aromatic carbocycles. The van der Waals surface area contributed by atoms with Crippen molar-refractivity contribution in [1.29, 1.82) is 0 Å². The van der Waals surface area contributed by atoms with E-state index < -0.39 is 0 Å². The van der Waals surface area contributed by atoms with Crippen LogP contribution in [0, 0.1) is 0 Å². The van der Waals surface area contributed by atoms with Crippen LogP contribution in [0.15, 0.2) is 0 Å². The van der Waals surface area contributed by atoms with E-state index in [4.69, 9.17) is 0 Å². The Kier molecular flexibility index (Phi) is 1.78. The fourth-order valence-corrected chi connectivity index (χ4v) is 1.34. The van der Waals surface area contributed by atoms with Gasteiger partial charge < -0.3 is 10.4 Å². The molecule has 1 fully saturated rings. The van der Waals surface area contributed by atoms with Crippen molar-refractivity contribution in [3.8, 4) is 0 Å². The third-order valence-corrected chi connectivity index (χ3v) is 1.83. The van der Waals surface area contributed by atoms with Gasteiger partial charge in [0.15, 0.2) is 0 Å². The first kappa shape index (κ1) is 7.03. The van der Waals surface area contributed by atoms with E-state index in [2.05, 4.69) is 19.2 Å². The monoisotopic (exact) mass is 129 g/mol. The SMILES string of the molecule is CC1(C)CC(O)CCN1. The summed E-state index contributed by atoms with van der Waals surface area (Å²) in [7, 11) is 0. The molecule has 0 aromatic rings. The van der Waals surface area contributed by atoms with Crippen molar-refractivity contribution < 1.29 is 5.11 Å². The zero-order chi connectivity index (χ0) is 6.91. The lowest BCUT2D eigenvalue weighted by atomic mass is 9.91. The van der Waals surface area contributed by atoms with Crippen LogP contribution in [0.5, 0.6) is 0 Å². The summed E-state index contributed by atoms with van der Waals surface area (Å²) >= 11 is 0. The van der Waals surface area contributed by atoms with Crippen molar-refractivity contribution in [3.63, 3.8) is 0 Å². The molecule has 9 heavy (non-hydrogen) atoms. The number of rotatable bonds is 0. The van der Waals surface area contributed by atoms with Gasteiger partial charge in [-0.3, -0.25) is 0 Å². The van der Waals surface area contributed by atoms with Crippen LogP contribution in [-0.2, 0) is 0 Å². The number of aliphatic hydroxyl groups excluding tert-OH is 1. The van der Waals surface area contributed by atoms with Gasteiger partial charge in [0.25, 0.3) is 0 Å². The van der Waals surface area contributed by atoms with E-state index in [0.717, 1.165) is 19.4 Å². The largest absolute Gasteiger partial charge is 0.393 e. The van der Waals surface area contributed by atoms with Crippen LogP contribution in [0.25, 0.3) is 0 Å². The highest BCUT2D eigenvalue weighted by Crippen LogP contribution is 2.17. The van der Waals surface area contributed by atoms with Gasteiger partial charge in [0.05, 0.1) is 6.10 Å². The van der Waals surface area contributed by atoms with Crippen LogP contribution >= 0.6 is 0 Å². The summed E-state index contributed by atoms with van der Waals surface area (Å²) in [6, 6.07) is 0. The maximum atomic E-state index is 9.20. The Morgan fingerprint density at radius 2 is 2.22 bits per heavy atom. The molecule has 1 aliphatic rings. The predicted molar refractivity (Wildman–Crippen MR) is 37.3 cm³/mol. The zero-order valence-corrected chi connectivity index (χ0v) is 6.15. The number of hydrogen-bond acceptors (Lipinski definition) is 2. The summed E-state index contributed by atoms with van der Waals surface area (Å²) in [6.45, 7) is 5.19. The van der Waals surface area contributed by atoms with Crippen LogP contribution in [0.4, 0.5) is 0 Å². The first-order chi connectivity index (χ1) is 4.10. The van der Waals surface area contributed by atoms with Crippen LogP contribution < -0.4 is 5.32 Å². The van der Waals surface area contributed by atoms with E-state index in [0.29, 0.717) is 0 Å². The molecule has 0 spiro atoms. The van der Waals surface area contributed by atoms with Crippen LogP contribution in [0.1, 0.15) is 26.7 Å². The van der Waals surface area contributed by atoms with Crippen molar-refractivity contribution in [2.45, 2.75) is 38.3 Å². The molecule has 0 amide bonds. The first-order valence-corrected chi connectivity index (χ1v) is 3.53. The normalized spacial score (nSPS) is 34.3. The number of hydrogen-bond donors (Lipinski definition) is 2. The second kappa shape index (κ2) is 2.27. The van der Waals surface area contributed by atoms with Crippen LogP contribution in [-0.4, -0.2) is 23.3 Å². The fourth-order valence-electron chi connectivity index (χ4n) is 1.34. The van der Waals surface area contributed by atoms with Crippen molar-refractivity contribution in [3.05, 3.63) is 0 Å². The lowest BCUT2D eigenvalue weighted by Crippen LogP contribution is -2.47. The lowest BCUT2D eigenvalue weighted by Gasteiger charge is -2.33. The maximum absolute atomic E-state index is 9.20. The van der Waals surface area contributed by atoms with Crippen molar-refractivity contribution in [2.24, 2.45) is 0 Å². The van der Waals surface area contributed by atoms with E-state index >= 15 is 0 Å². The van der Waals surface area contributed by atoms with E-state index in [1.165, 1.54) is 0 Å². The third kappa shape index (κ3) is 1.95. The second-order valence-corrected chi connectivity index (χ2v) is 3.46. The van der Waals surface area contributed by atoms with Gasteiger partial charge >= 0.3 is 0 Å². The Morgan fingerprint density at radius 1 is 1.56 bits per heavy atom. The average molecular weight is 129 g/mol. The van der Waals surface area contributed by atoms with Crippen molar-refractivity contribution in [2.75, 3.05) is 6.54 Å². The Labute approximate surface area is 56.3 Å². The molecule has 2 heteroatoms. The zero-order valence-electron chi connectivity index (χ0n) is 6.15. The molecule has 1 heterocycles. The molecule has 1 atom stereocenters. The Balaban J connectivity index is 2.41. The molecule has 1 aliphatic heterocycles. The summed E-state index contributed by atoms with van der Waals surface area (Å²) < 4.78 is 0. The van der Waals surface area contributed by atoms with Gasteiger partial charge in [-0.1, -0.05) is 0 Å². The summed E-state index contributed by atoms with van der Waals surface area (Å²) in [4.78, 5) is 0. The molecule has 1 unspecified atom stereocenters. The molecule has 0 saturated carbocycles. The smallest absolute Gasteiger partial charge is 0.0569 e. The van der Waals surface area contributed by atoms with Gasteiger partial charge in [0, 0.05) is 5.54 Å². The van der Waals surface area contributed by atoms with E-state index in [1.807, 2.05) is 0 Å². The lowest BCUT2D eigenvalue weighted by molar-refractivity contribution is 0.0913. The molecule has 2 N–H and O–H groups in total. The fraction of sp³-hybridized carbons (Fsp3) is 1.00. The molecule has 0 bridgehead atoms. The number of aliphatic hydroxyl groups is 1. The number of piperidine rings is 1. The van der Waals surface area contributed by atoms with Crippen molar-refractivity contribution >= 4 is 0 Å². The highest BCUT2D eigenvalue weighted by Gasteiger charge is 2.25. The van der Waals surface area contributed by atoms with E-state index in [1.54, 1.807) is 0 Å². The Hall–Kier alpha value is -0.0800. The van der Waals surface area contributed by atoms with Crippen molar-refractivity contribution in [1.82, 2.24) is 5.32 Å². The van der Waals surface area contributed by atoms with E-state index in [-0.39, 0.29) is 11.6 Å². The average Bonchev–Trinajstić information content (AvgIpc) is 1.60. The third-order valence-electron chi connectivity index (χ3n) is 1.83. The maximum Gasteiger partial charge on any atom is 0.0569 e. The summed E-state index contributed by atoms with van der Waals surface area (Å²) in [5.74, 6) is 0. The molecule has 54 valence electrons. The van der Waals surface area contributed by atoms with Gasteiger partial charge in [-0.15, -0.1) is 0 Å². The Bertz CT molecular complexity index is 101. The molecule has 0 aliphatic carbocycles. The van der Waals surface area contributed by atoms with Gasteiger partial charge in [0.2, 0.25) is 0 Å². The molecular weight excluding hydrogens is 114 g/mol. The van der Waals surface area contributed by atoms with Gasteiger partial charge in [-0.25, -0.2) is 0 Å². The highest BCUT2D eigenvalue weighted by atomic mass is 16.3. The minimum absolute atomic E-state index is 0.0822. The molecule has 2 nitrogen and oxygen atoms in total. The van der Waals surface area contributed by atoms with Crippen LogP contribution in [0.2, 0.25) is 0 Å². The summed E-state index contributed by atoms with van der Waals surface area (Å²) in [5, 5.41) is 12.5.